The topological polar surface area (TPSA) is 20.3 Å². The van der Waals surface area contributed by atoms with Gasteiger partial charge in [0, 0.05) is 18.7 Å². The minimum absolute atomic E-state index is 0.282. The Morgan fingerprint density at radius 2 is 1.71 bits per heavy atom. The Morgan fingerprint density at radius 3 is 2.29 bits per heavy atom. The van der Waals surface area contributed by atoms with Crippen LogP contribution in [0.1, 0.15) is 24.8 Å². The van der Waals surface area contributed by atoms with E-state index in [9.17, 15) is 4.79 Å². The van der Waals surface area contributed by atoms with Gasteiger partial charge in [0.2, 0.25) is 5.91 Å². The number of anilines is 1. The van der Waals surface area contributed by atoms with Crippen LogP contribution >= 0.6 is 0 Å². The molecule has 1 amide bonds. The first-order valence-corrected chi connectivity index (χ1v) is 6.49. The van der Waals surface area contributed by atoms with Crippen LogP contribution in [0.3, 0.4) is 0 Å². The van der Waals surface area contributed by atoms with Crippen LogP contribution in [0.4, 0.5) is 5.69 Å². The van der Waals surface area contributed by atoms with Gasteiger partial charge in [-0.15, -0.1) is 0 Å². The molecule has 0 aliphatic heterocycles. The quantitative estimate of drug-likeness (QED) is 0.763. The van der Waals surface area contributed by atoms with Crippen molar-refractivity contribution in [3.63, 3.8) is 0 Å². The van der Waals surface area contributed by atoms with Crippen molar-refractivity contribution in [2.24, 2.45) is 17.8 Å². The van der Waals surface area contributed by atoms with E-state index in [0.717, 1.165) is 30.4 Å². The number of rotatable bonds is 2. The number of aryl methyl sites for hydroxylation is 1. The summed E-state index contributed by atoms with van der Waals surface area (Å²) in [6.07, 6.45) is 3.62. The Labute approximate surface area is 103 Å². The Kier molecular flexibility index (Phi) is 2.46. The van der Waals surface area contributed by atoms with Gasteiger partial charge in [-0.25, -0.2) is 0 Å². The Hall–Kier alpha value is -1.31. The molecular formula is C15H19NO. The second-order valence-electron chi connectivity index (χ2n) is 5.66. The molecule has 2 unspecified atom stereocenters. The predicted octanol–water partition coefficient (Wildman–Crippen LogP) is 3.00. The monoisotopic (exact) mass is 229 g/mol. The molecule has 0 aromatic heterocycles. The number of benzene rings is 1. The van der Waals surface area contributed by atoms with Crippen molar-refractivity contribution >= 4 is 11.6 Å². The third kappa shape index (κ3) is 1.97. The van der Waals surface area contributed by atoms with Crippen LogP contribution in [-0.4, -0.2) is 13.0 Å². The summed E-state index contributed by atoms with van der Waals surface area (Å²) in [5, 5.41) is 0. The lowest BCUT2D eigenvalue weighted by atomic mass is 10.0. The number of carbonyl (C=O) groups excluding carboxylic acids is 1. The van der Waals surface area contributed by atoms with Gasteiger partial charge in [0.05, 0.1) is 0 Å². The lowest BCUT2D eigenvalue weighted by Crippen LogP contribution is -2.32. The summed E-state index contributed by atoms with van der Waals surface area (Å²) < 4.78 is 0. The van der Waals surface area contributed by atoms with Gasteiger partial charge < -0.3 is 4.90 Å². The maximum Gasteiger partial charge on any atom is 0.229 e. The van der Waals surface area contributed by atoms with Crippen LogP contribution in [-0.2, 0) is 4.79 Å². The maximum absolute atomic E-state index is 12.3. The van der Waals surface area contributed by atoms with Crippen LogP contribution in [0.15, 0.2) is 24.3 Å². The molecule has 3 rings (SSSR count). The Balaban J connectivity index is 1.70. The third-order valence-electron chi connectivity index (χ3n) is 4.34. The van der Waals surface area contributed by atoms with Gasteiger partial charge in [-0.1, -0.05) is 17.7 Å². The number of nitrogens with zero attached hydrogens (tertiary/aromatic N) is 1. The van der Waals surface area contributed by atoms with E-state index in [1.807, 2.05) is 24.1 Å². The molecule has 2 aliphatic carbocycles. The molecule has 2 heteroatoms. The SMILES string of the molecule is Cc1ccc(N(C)C(=O)C2CC3CC3C2)cc1. The lowest BCUT2D eigenvalue weighted by molar-refractivity contribution is -0.122. The second-order valence-corrected chi connectivity index (χ2v) is 5.66. The normalized spacial score (nSPS) is 29.9. The zero-order chi connectivity index (χ0) is 12.0. The van der Waals surface area contributed by atoms with E-state index >= 15 is 0 Å². The zero-order valence-electron chi connectivity index (χ0n) is 10.5. The molecule has 1 aromatic rings. The van der Waals surface area contributed by atoms with Crippen molar-refractivity contribution in [2.75, 3.05) is 11.9 Å². The van der Waals surface area contributed by atoms with Crippen molar-refractivity contribution in [3.05, 3.63) is 29.8 Å². The number of hydrogen-bond acceptors (Lipinski definition) is 1. The van der Waals surface area contributed by atoms with Gasteiger partial charge in [-0.3, -0.25) is 4.79 Å². The van der Waals surface area contributed by atoms with Gasteiger partial charge in [0.15, 0.2) is 0 Å². The zero-order valence-corrected chi connectivity index (χ0v) is 10.5. The maximum atomic E-state index is 12.3. The van der Waals surface area contributed by atoms with Gasteiger partial charge in [0.1, 0.15) is 0 Å². The smallest absolute Gasteiger partial charge is 0.229 e. The van der Waals surface area contributed by atoms with E-state index in [1.165, 1.54) is 12.0 Å². The Morgan fingerprint density at radius 1 is 1.12 bits per heavy atom. The first-order chi connectivity index (χ1) is 8.15. The lowest BCUT2D eigenvalue weighted by Gasteiger charge is -2.22. The van der Waals surface area contributed by atoms with E-state index in [2.05, 4.69) is 19.1 Å². The molecule has 2 nitrogen and oxygen atoms in total. The highest BCUT2D eigenvalue weighted by atomic mass is 16.2. The summed E-state index contributed by atoms with van der Waals surface area (Å²) in [5.74, 6) is 2.33. The van der Waals surface area contributed by atoms with Crippen LogP contribution in [0.5, 0.6) is 0 Å². The molecule has 0 spiro atoms. The third-order valence-corrected chi connectivity index (χ3v) is 4.34. The van der Waals surface area contributed by atoms with Gasteiger partial charge in [0.25, 0.3) is 0 Å². The average molecular weight is 229 g/mol. The molecular weight excluding hydrogens is 210 g/mol. The van der Waals surface area contributed by atoms with E-state index in [-0.39, 0.29) is 5.92 Å². The molecule has 1 aromatic carbocycles. The van der Waals surface area contributed by atoms with Crippen molar-refractivity contribution in [3.8, 4) is 0 Å². The fraction of sp³-hybridized carbons (Fsp3) is 0.533. The van der Waals surface area contributed by atoms with E-state index in [0.29, 0.717) is 5.91 Å². The number of amides is 1. The summed E-state index contributed by atoms with van der Waals surface area (Å²) in [4.78, 5) is 14.2. The second kappa shape index (κ2) is 3.86. The van der Waals surface area contributed by atoms with Crippen LogP contribution in [0.25, 0.3) is 0 Å². The molecule has 2 fully saturated rings. The van der Waals surface area contributed by atoms with Gasteiger partial charge in [-0.2, -0.15) is 0 Å². The molecule has 90 valence electrons. The molecule has 2 aliphatic rings. The van der Waals surface area contributed by atoms with Gasteiger partial charge >= 0.3 is 0 Å². The number of carbonyl (C=O) groups is 1. The highest BCUT2D eigenvalue weighted by Crippen LogP contribution is 2.54. The largest absolute Gasteiger partial charge is 0.315 e. The number of fused-ring (bicyclic) bond motifs is 1. The van der Waals surface area contributed by atoms with Crippen molar-refractivity contribution < 1.29 is 4.79 Å². The summed E-state index contributed by atoms with van der Waals surface area (Å²) in [6.45, 7) is 2.07. The molecule has 0 bridgehead atoms. The molecule has 17 heavy (non-hydrogen) atoms. The molecule has 0 N–H and O–H groups in total. The first-order valence-electron chi connectivity index (χ1n) is 6.49. The summed E-state index contributed by atoms with van der Waals surface area (Å²) in [6, 6.07) is 8.18. The molecule has 2 atom stereocenters. The minimum Gasteiger partial charge on any atom is -0.315 e. The van der Waals surface area contributed by atoms with Crippen molar-refractivity contribution in [1.82, 2.24) is 0 Å². The van der Waals surface area contributed by atoms with Crippen LogP contribution in [0.2, 0.25) is 0 Å². The molecule has 0 saturated heterocycles. The average Bonchev–Trinajstić information content (AvgIpc) is 2.95. The fourth-order valence-electron chi connectivity index (χ4n) is 3.09. The highest BCUT2D eigenvalue weighted by Gasteiger charge is 2.48. The fourth-order valence-corrected chi connectivity index (χ4v) is 3.09. The van der Waals surface area contributed by atoms with Crippen molar-refractivity contribution in [2.45, 2.75) is 26.2 Å². The predicted molar refractivity (Wildman–Crippen MR) is 68.9 cm³/mol. The molecule has 0 heterocycles. The Bertz CT molecular complexity index is 427. The molecule has 0 radical (unpaired) electrons. The van der Waals surface area contributed by atoms with Crippen LogP contribution < -0.4 is 4.90 Å². The standard InChI is InChI=1S/C15H19NO/c1-10-3-5-14(6-4-10)16(2)15(17)13-8-11-7-12(11)9-13/h3-6,11-13H,7-9H2,1-2H3. The van der Waals surface area contributed by atoms with E-state index in [4.69, 9.17) is 0 Å². The summed E-state index contributed by atoms with van der Waals surface area (Å²) in [7, 11) is 1.90. The summed E-state index contributed by atoms with van der Waals surface area (Å²) in [5.41, 5.74) is 2.25. The van der Waals surface area contributed by atoms with Gasteiger partial charge in [-0.05, 0) is 50.2 Å². The summed E-state index contributed by atoms with van der Waals surface area (Å²) >= 11 is 0. The number of hydrogen-bond donors (Lipinski definition) is 0. The molecule has 2 saturated carbocycles. The van der Waals surface area contributed by atoms with Crippen molar-refractivity contribution in [1.29, 1.82) is 0 Å². The highest BCUT2D eigenvalue weighted by molar-refractivity contribution is 5.94. The first kappa shape index (κ1) is 10.8. The van der Waals surface area contributed by atoms with Crippen LogP contribution in [0, 0.1) is 24.7 Å². The minimum atomic E-state index is 0.282. The van der Waals surface area contributed by atoms with E-state index in [1.54, 1.807) is 0 Å². The van der Waals surface area contributed by atoms with E-state index < -0.39 is 0 Å².